The molecule has 0 saturated heterocycles. The molecule has 0 spiro atoms. The summed E-state index contributed by atoms with van der Waals surface area (Å²) >= 11 is 0.419. The summed E-state index contributed by atoms with van der Waals surface area (Å²) in [5, 5.41) is 16.0. The zero-order valence-electron chi connectivity index (χ0n) is 19.9. The number of anilines is 2. The van der Waals surface area contributed by atoms with Crippen LogP contribution >= 0.6 is 11.5 Å². The highest BCUT2D eigenvalue weighted by Crippen LogP contribution is 2.33. The largest absolute Gasteiger partial charge is 0.427 e. The number of nitrogens with zero attached hydrogens (tertiary/aromatic N) is 5. The van der Waals surface area contributed by atoms with Gasteiger partial charge in [0, 0.05) is 17.8 Å². The Morgan fingerprint density at radius 2 is 1.97 bits per heavy atom. The topological polar surface area (TPSA) is 104 Å². The number of alkyl halides is 3. The summed E-state index contributed by atoms with van der Waals surface area (Å²) in [6.07, 6.45) is -2.85. The minimum atomic E-state index is -4.42. The van der Waals surface area contributed by atoms with E-state index in [0.29, 0.717) is 40.7 Å². The highest BCUT2D eigenvalue weighted by atomic mass is 32.1. The Balaban J connectivity index is 1.35. The van der Waals surface area contributed by atoms with Gasteiger partial charge in [0.05, 0.1) is 41.7 Å². The Morgan fingerprint density at radius 3 is 2.66 bits per heavy atom. The van der Waals surface area contributed by atoms with E-state index in [2.05, 4.69) is 14.8 Å². The van der Waals surface area contributed by atoms with Crippen molar-refractivity contribution in [3.63, 3.8) is 0 Å². The molecule has 1 unspecified atom stereocenters. The number of carbonyl (C=O) groups is 2. The number of benzene rings is 2. The van der Waals surface area contributed by atoms with Crippen molar-refractivity contribution in [2.24, 2.45) is 0 Å². The van der Waals surface area contributed by atoms with Crippen LogP contribution in [0.2, 0.25) is 0 Å². The van der Waals surface area contributed by atoms with Crippen molar-refractivity contribution in [3.8, 4) is 6.07 Å². The molecule has 0 radical (unpaired) electrons. The summed E-state index contributed by atoms with van der Waals surface area (Å²) < 4.78 is 44.0. The van der Waals surface area contributed by atoms with Crippen LogP contribution < -0.4 is 10.2 Å². The number of fused-ring (bicyclic) bond motifs is 1. The lowest BCUT2D eigenvalue weighted by atomic mass is 10.1. The van der Waals surface area contributed by atoms with Crippen molar-refractivity contribution in [2.45, 2.75) is 32.1 Å². The van der Waals surface area contributed by atoms with Crippen LogP contribution in [0, 0.1) is 11.3 Å². The molecule has 1 atom stereocenters. The smallest absolute Gasteiger partial charge is 0.322 e. The van der Waals surface area contributed by atoms with E-state index in [9.17, 15) is 22.8 Å². The molecule has 0 bridgehead atoms. The van der Waals surface area contributed by atoms with Crippen LogP contribution in [0.4, 0.5) is 24.5 Å². The average molecular weight is 537 g/mol. The van der Waals surface area contributed by atoms with Gasteiger partial charge in [0.25, 0.3) is 11.8 Å². The Bertz CT molecular complexity index is 1570. The number of hydrogen-bond acceptors (Lipinski definition) is 6. The predicted octanol–water partition coefficient (Wildman–Crippen LogP) is 5.12. The van der Waals surface area contributed by atoms with Gasteiger partial charge in [-0.2, -0.15) is 27.9 Å². The average Bonchev–Trinajstić information content (AvgIpc) is 3.53. The fourth-order valence-electron chi connectivity index (χ4n) is 4.31. The first-order chi connectivity index (χ1) is 18.1. The number of rotatable bonds is 5. The molecule has 2 amide bonds. The summed E-state index contributed by atoms with van der Waals surface area (Å²) in [4.78, 5) is 27.4. The Labute approximate surface area is 219 Å². The highest BCUT2D eigenvalue weighted by Gasteiger charge is 2.36. The third kappa shape index (κ3) is 4.88. The maximum absolute atomic E-state index is 13.6. The van der Waals surface area contributed by atoms with E-state index in [0.717, 1.165) is 11.6 Å². The number of halogens is 3. The van der Waals surface area contributed by atoms with Gasteiger partial charge < -0.3 is 10.2 Å². The number of nitriles is 1. The molecule has 5 rings (SSSR count). The minimum Gasteiger partial charge on any atom is -0.322 e. The normalized spacial score (nSPS) is 15.2. The molecule has 0 aliphatic carbocycles. The second-order valence-corrected chi connectivity index (χ2v) is 9.59. The van der Waals surface area contributed by atoms with Gasteiger partial charge in [0.1, 0.15) is 10.6 Å². The van der Waals surface area contributed by atoms with Crippen molar-refractivity contribution < 1.29 is 22.8 Å². The monoisotopic (exact) mass is 536 g/mol. The van der Waals surface area contributed by atoms with Gasteiger partial charge in [0.15, 0.2) is 0 Å². The molecule has 1 N–H and O–H groups in total. The van der Waals surface area contributed by atoms with E-state index in [1.54, 1.807) is 47.4 Å². The number of amides is 2. The lowest BCUT2D eigenvalue weighted by Gasteiger charge is -2.34. The van der Waals surface area contributed by atoms with E-state index in [1.807, 2.05) is 13.0 Å². The zero-order valence-corrected chi connectivity index (χ0v) is 20.7. The third-order valence-corrected chi connectivity index (χ3v) is 6.94. The minimum absolute atomic E-state index is 0.106. The van der Waals surface area contributed by atoms with Gasteiger partial charge in [-0.15, -0.1) is 0 Å². The van der Waals surface area contributed by atoms with Crippen LogP contribution in [0.1, 0.15) is 49.5 Å². The fourth-order valence-corrected chi connectivity index (χ4v) is 4.94. The summed E-state index contributed by atoms with van der Waals surface area (Å²) in [7, 11) is 0. The predicted molar refractivity (Wildman–Crippen MR) is 134 cm³/mol. The third-order valence-electron chi connectivity index (χ3n) is 6.07. The molecular formula is C26H19F3N6O2S. The van der Waals surface area contributed by atoms with Gasteiger partial charge >= 0.3 is 6.18 Å². The first-order valence-corrected chi connectivity index (χ1v) is 12.2. The SMILES string of the molecule is CC1Cn2ncc(C(=O)Nc3cccc(C#N)c3)c2C(=O)N1c1ccc(Cc2cc(C(F)(F)F)sn2)cc1. The molecule has 3 heterocycles. The fraction of sp³-hybridized carbons (Fsp3) is 0.192. The molecule has 8 nitrogen and oxygen atoms in total. The maximum atomic E-state index is 13.6. The number of hydrogen-bond donors (Lipinski definition) is 1. The molecule has 192 valence electrons. The van der Waals surface area contributed by atoms with Gasteiger partial charge in [-0.3, -0.25) is 14.3 Å². The van der Waals surface area contributed by atoms with E-state index >= 15 is 0 Å². The molecule has 38 heavy (non-hydrogen) atoms. The first kappa shape index (κ1) is 25.2. The van der Waals surface area contributed by atoms with Crippen LogP contribution in [0.5, 0.6) is 0 Å². The van der Waals surface area contributed by atoms with Crippen molar-refractivity contribution in [3.05, 3.63) is 93.7 Å². The second-order valence-electron chi connectivity index (χ2n) is 8.78. The van der Waals surface area contributed by atoms with Crippen molar-refractivity contribution in [1.82, 2.24) is 14.2 Å². The molecular weight excluding hydrogens is 517 g/mol. The molecule has 1 aliphatic rings. The standard InChI is InChI=1S/C26H19F3N6O2S/c1-15-14-34-23(21(13-31-34)24(36)32-18-4-2-3-17(10-18)12-30)25(37)35(15)20-7-5-16(6-8-20)9-19-11-22(38-33-19)26(27,28)29/h2-8,10-11,13,15H,9,14H2,1H3,(H,32,36). The lowest BCUT2D eigenvalue weighted by molar-refractivity contribution is -0.134. The van der Waals surface area contributed by atoms with E-state index in [4.69, 9.17) is 5.26 Å². The molecule has 1 aliphatic heterocycles. The molecule has 2 aromatic heterocycles. The number of nitrogens with one attached hydrogen (secondary N) is 1. The van der Waals surface area contributed by atoms with Crippen molar-refractivity contribution in [1.29, 1.82) is 5.26 Å². The first-order valence-electron chi connectivity index (χ1n) is 11.5. The van der Waals surface area contributed by atoms with Gasteiger partial charge in [0.2, 0.25) is 0 Å². The molecule has 12 heteroatoms. The molecule has 0 fully saturated rings. The van der Waals surface area contributed by atoms with E-state index in [1.165, 1.54) is 16.9 Å². The summed E-state index contributed by atoms with van der Waals surface area (Å²) in [6, 6.07) is 16.1. The van der Waals surface area contributed by atoms with Crippen LogP contribution in [-0.4, -0.2) is 32.0 Å². The number of aromatic nitrogens is 3. The van der Waals surface area contributed by atoms with Crippen molar-refractivity contribution in [2.75, 3.05) is 10.2 Å². The summed E-state index contributed by atoms with van der Waals surface area (Å²) in [5.74, 6) is -0.930. The Kier molecular flexibility index (Phi) is 6.46. The van der Waals surface area contributed by atoms with Gasteiger partial charge in [-0.05, 0) is 60.4 Å². The van der Waals surface area contributed by atoms with Crippen LogP contribution in [0.3, 0.4) is 0 Å². The van der Waals surface area contributed by atoms with Crippen LogP contribution in [0.25, 0.3) is 0 Å². The molecule has 2 aromatic carbocycles. The number of carbonyl (C=O) groups excluding carboxylic acids is 2. The van der Waals surface area contributed by atoms with Gasteiger partial charge in [-0.25, -0.2) is 0 Å². The lowest BCUT2D eigenvalue weighted by Crippen LogP contribution is -2.47. The Hall–Kier alpha value is -4.50. The zero-order chi connectivity index (χ0) is 27.0. The molecule has 0 saturated carbocycles. The molecule has 4 aromatic rings. The van der Waals surface area contributed by atoms with E-state index < -0.39 is 22.9 Å². The van der Waals surface area contributed by atoms with E-state index in [-0.39, 0.29) is 23.7 Å². The Morgan fingerprint density at radius 1 is 1.21 bits per heavy atom. The summed E-state index contributed by atoms with van der Waals surface area (Å²) in [5.41, 5.74) is 2.70. The van der Waals surface area contributed by atoms with Crippen LogP contribution in [-0.2, 0) is 19.1 Å². The highest BCUT2D eigenvalue weighted by molar-refractivity contribution is 7.05. The van der Waals surface area contributed by atoms with Crippen LogP contribution in [0.15, 0.2) is 60.8 Å². The maximum Gasteiger partial charge on any atom is 0.427 e. The second kappa shape index (κ2) is 9.75. The quantitative estimate of drug-likeness (QED) is 0.381. The van der Waals surface area contributed by atoms with Gasteiger partial charge in [-0.1, -0.05) is 18.2 Å². The van der Waals surface area contributed by atoms with Crippen molar-refractivity contribution >= 4 is 34.7 Å². The summed E-state index contributed by atoms with van der Waals surface area (Å²) in [6.45, 7) is 2.22.